The molecule has 0 heterocycles. The van der Waals surface area contributed by atoms with Crippen LogP contribution in [-0.2, 0) is 11.3 Å². The average molecular weight is 249 g/mol. The van der Waals surface area contributed by atoms with Gasteiger partial charge in [-0.1, -0.05) is 37.6 Å². The third kappa shape index (κ3) is 4.15. The monoisotopic (exact) mass is 249 g/mol. The summed E-state index contributed by atoms with van der Waals surface area (Å²) in [7, 11) is 0. The molecule has 3 nitrogen and oxygen atoms in total. The summed E-state index contributed by atoms with van der Waals surface area (Å²) < 4.78 is 0. The van der Waals surface area contributed by atoms with Crippen molar-refractivity contribution in [3.05, 3.63) is 34.9 Å². The molecule has 1 N–H and O–H groups in total. The molecule has 0 aromatic heterocycles. The fourth-order valence-corrected chi connectivity index (χ4v) is 1.98. The first-order valence-corrected chi connectivity index (χ1v) is 6.45. The molecule has 1 atom stereocenters. The lowest BCUT2D eigenvalue weighted by molar-refractivity contribution is -0.141. The van der Waals surface area contributed by atoms with Gasteiger partial charge in [0.05, 0.1) is 5.92 Å². The van der Waals surface area contributed by atoms with E-state index < -0.39 is 5.97 Å². The molecule has 3 heteroatoms. The lowest BCUT2D eigenvalue weighted by Gasteiger charge is -2.23. The Morgan fingerprint density at radius 1 is 1.39 bits per heavy atom. The molecule has 0 saturated carbocycles. The molecule has 0 aliphatic carbocycles. The molecule has 0 aliphatic rings. The number of hydrogen-bond acceptors (Lipinski definition) is 2. The minimum absolute atomic E-state index is 0.324. The van der Waals surface area contributed by atoms with E-state index in [1.165, 1.54) is 16.7 Å². The standard InChI is InChI=1S/C15H23NO2/c1-5-16(9-13(4)15(17)18)10-14-8-11(2)6-7-12(14)3/h6-8,13H,5,9-10H2,1-4H3,(H,17,18). The maximum absolute atomic E-state index is 10.9. The smallest absolute Gasteiger partial charge is 0.307 e. The molecule has 1 rings (SSSR count). The summed E-state index contributed by atoms with van der Waals surface area (Å²) in [4.78, 5) is 13.1. The first kappa shape index (κ1) is 14.7. The molecule has 1 aromatic rings. The fraction of sp³-hybridized carbons (Fsp3) is 0.533. The van der Waals surface area contributed by atoms with Crippen molar-refractivity contribution >= 4 is 5.97 Å². The van der Waals surface area contributed by atoms with Gasteiger partial charge in [-0.2, -0.15) is 0 Å². The highest BCUT2D eigenvalue weighted by Gasteiger charge is 2.15. The van der Waals surface area contributed by atoms with Crippen LogP contribution in [-0.4, -0.2) is 29.1 Å². The van der Waals surface area contributed by atoms with E-state index >= 15 is 0 Å². The van der Waals surface area contributed by atoms with Gasteiger partial charge < -0.3 is 5.11 Å². The van der Waals surface area contributed by atoms with Crippen LogP contribution < -0.4 is 0 Å². The molecule has 0 aliphatic heterocycles. The number of rotatable bonds is 6. The highest BCUT2D eigenvalue weighted by molar-refractivity contribution is 5.69. The quantitative estimate of drug-likeness (QED) is 0.842. The van der Waals surface area contributed by atoms with E-state index in [1.54, 1.807) is 6.92 Å². The number of carboxylic acid groups (broad SMARTS) is 1. The molecule has 0 fully saturated rings. The number of benzene rings is 1. The first-order chi connectivity index (χ1) is 8.43. The maximum atomic E-state index is 10.9. The molecular formula is C15H23NO2. The Bertz CT molecular complexity index is 415. The van der Waals surface area contributed by atoms with Crippen molar-refractivity contribution in [2.24, 2.45) is 5.92 Å². The highest BCUT2D eigenvalue weighted by atomic mass is 16.4. The van der Waals surface area contributed by atoms with Crippen LogP contribution in [0, 0.1) is 19.8 Å². The summed E-state index contributed by atoms with van der Waals surface area (Å²) in [6.45, 7) is 10.3. The third-order valence-corrected chi connectivity index (χ3v) is 3.30. The molecule has 0 radical (unpaired) electrons. The second kappa shape index (κ2) is 6.55. The van der Waals surface area contributed by atoms with Gasteiger partial charge in [0.25, 0.3) is 0 Å². The summed E-state index contributed by atoms with van der Waals surface area (Å²) in [6.07, 6.45) is 0. The van der Waals surface area contributed by atoms with Crippen LogP contribution in [0.2, 0.25) is 0 Å². The van der Waals surface area contributed by atoms with Crippen LogP contribution in [0.3, 0.4) is 0 Å². The van der Waals surface area contributed by atoms with Crippen molar-refractivity contribution in [1.82, 2.24) is 4.90 Å². The van der Waals surface area contributed by atoms with Crippen LogP contribution >= 0.6 is 0 Å². The average Bonchev–Trinajstić information content (AvgIpc) is 2.32. The Morgan fingerprint density at radius 3 is 2.61 bits per heavy atom. The predicted octanol–water partition coefficient (Wildman–Crippen LogP) is 2.85. The number of aryl methyl sites for hydroxylation is 2. The van der Waals surface area contributed by atoms with Crippen molar-refractivity contribution in [2.45, 2.75) is 34.2 Å². The van der Waals surface area contributed by atoms with E-state index in [2.05, 4.69) is 43.9 Å². The van der Waals surface area contributed by atoms with Crippen molar-refractivity contribution in [1.29, 1.82) is 0 Å². The minimum atomic E-state index is -0.727. The third-order valence-electron chi connectivity index (χ3n) is 3.30. The largest absolute Gasteiger partial charge is 0.481 e. The van der Waals surface area contributed by atoms with Gasteiger partial charge in [-0.15, -0.1) is 0 Å². The summed E-state index contributed by atoms with van der Waals surface area (Å²) in [5.74, 6) is -1.05. The van der Waals surface area contributed by atoms with E-state index in [0.717, 1.165) is 13.1 Å². The molecule has 18 heavy (non-hydrogen) atoms. The summed E-state index contributed by atoms with van der Waals surface area (Å²) in [6, 6.07) is 6.41. The Labute approximate surface area is 109 Å². The van der Waals surface area contributed by atoms with Crippen LogP contribution in [0.5, 0.6) is 0 Å². The molecule has 0 saturated heterocycles. The summed E-state index contributed by atoms with van der Waals surface area (Å²) in [5, 5.41) is 8.96. The Balaban J connectivity index is 2.73. The van der Waals surface area contributed by atoms with E-state index in [0.29, 0.717) is 6.54 Å². The SMILES string of the molecule is CCN(Cc1cc(C)ccc1C)CC(C)C(=O)O. The Morgan fingerprint density at radius 2 is 2.06 bits per heavy atom. The van der Waals surface area contributed by atoms with Crippen molar-refractivity contribution in [3.8, 4) is 0 Å². The lowest BCUT2D eigenvalue weighted by Crippen LogP contribution is -2.31. The molecule has 1 aromatic carbocycles. The van der Waals surface area contributed by atoms with E-state index in [4.69, 9.17) is 5.11 Å². The zero-order chi connectivity index (χ0) is 13.7. The van der Waals surface area contributed by atoms with Gasteiger partial charge in [-0.25, -0.2) is 0 Å². The number of aliphatic carboxylic acids is 1. The molecule has 0 spiro atoms. The lowest BCUT2D eigenvalue weighted by atomic mass is 10.0. The Hall–Kier alpha value is -1.35. The van der Waals surface area contributed by atoms with Gasteiger partial charge in [0.2, 0.25) is 0 Å². The van der Waals surface area contributed by atoms with Gasteiger partial charge in [-0.05, 0) is 31.5 Å². The maximum Gasteiger partial charge on any atom is 0.307 e. The zero-order valence-corrected chi connectivity index (χ0v) is 11.7. The van der Waals surface area contributed by atoms with Crippen molar-refractivity contribution in [2.75, 3.05) is 13.1 Å². The fourth-order valence-electron chi connectivity index (χ4n) is 1.98. The molecule has 0 bridgehead atoms. The second-order valence-corrected chi connectivity index (χ2v) is 5.00. The minimum Gasteiger partial charge on any atom is -0.481 e. The summed E-state index contributed by atoms with van der Waals surface area (Å²) in [5.41, 5.74) is 3.80. The molecule has 1 unspecified atom stereocenters. The first-order valence-electron chi connectivity index (χ1n) is 6.45. The van der Waals surface area contributed by atoms with E-state index in [1.807, 2.05) is 0 Å². The van der Waals surface area contributed by atoms with Crippen LogP contribution in [0.25, 0.3) is 0 Å². The van der Waals surface area contributed by atoms with Gasteiger partial charge in [-0.3, -0.25) is 9.69 Å². The summed E-state index contributed by atoms with van der Waals surface area (Å²) >= 11 is 0. The van der Waals surface area contributed by atoms with Gasteiger partial charge in [0.1, 0.15) is 0 Å². The van der Waals surface area contributed by atoms with E-state index in [-0.39, 0.29) is 5.92 Å². The number of hydrogen-bond donors (Lipinski definition) is 1. The van der Waals surface area contributed by atoms with Crippen LogP contribution in [0.1, 0.15) is 30.5 Å². The Kier molecular flexibility index (Phi) is 5.35. The second-order valence-electron chi connectivity index (χ2n) is 5.00. The molecule has 100 valence electrons. The number of carbonyl (C=O) groups is 1. The van der Waals surface area contributed by atoms with Gasteiger partial charge in [0.15, 0.2) is 0 Å². The highest BCUT2D eigenvalue weighted by Crippen LogP contribution is 2.14. The normalized spacial score (nSPS) is 12.7. The van der Waals surface area contributed by atoms with E-state index in [9.17, 15) is 4.79 Å². The number of carboxylic acids is 1. The number of nitrogens with zero attached hydrogens (tertiary/aromatic N) is 1. The van der Waals surface area contributed by atoms with Gasteiger partial charge >= 0.3 is 5.97 Å². The van der Waals surface area contributed by atoms with Gasteiger partial charge in [0, 0.05) is 13.1 Å². The zero-order valence-electron chi connectivity index (χ0n) is 11.7. The van der Waals surface area contributed by atoms with Crippen LogP contribution in [0.4, 0.5) is 0 Å². The van der Waals surface area contributed by atoms with Crippen LogP contribution in [0.15, 0.2) is 18.2 Å². The van der Waals surface area contributed by atoms with Crippen molar-refractivity contribution in [3.63, 3.8) is 0 Å². The predicted molar refractivity (Wildman–Crippen MR) is 73.7 cm³/mol. The molecular weight excluding hydrogens is 226 g/mol. The van der Waals surface area contributed by atoms with Crippen molar-refractivity contribution < 1.29 is 9.90 Å². The topological polar surface area (TPSA) is 40.5 Å². The molecule has 0 amide bonds.